The van der Waals surface area contributed by atoms with E-state index in [1.807, 2.05) is 0 Å². The first-order chi connectivity index (χ1) is 11.6. The molecule has 0 radical (unpaired) electrons. The number of nitrogens with one attached hydrogen (secondary N) is 1. The lowest BCUT2D eigenvalue weighted by atomic mass is 9.52. The standard InChI is InChI=1S/C22H25NO/c1-23(2)22-13-18(16-9-5-3-6-10-16)21(20(24)15-22)19(14-22)17-11-7-4-8-12-17/h3-12,18-19,21H,13-15H2,1-2H3/p+1/t18-,19-,21?,22?/m0/s1. The predicted octanol–water partition coefficient (Wildman–Crippen LogP) is 2.82. The molecular formula is C22H26NO+. The van der Waals surface area contributed by atoms with Crippen molar-refractivity contribution in [2.24, 2.45) is 5.92 Å². The van der Waals surface area contributed by atoms with Crippen LogP contribution in [-0.2, 0) is 4.79 Å². The topological polar surface area (TPSA) is 21.5 Å². The van der Waals surface area contributed by atoms with E-state index in [1.54, 1.807) is 0 Å². The third-order valence-corrected chi connectivity index (χ3v) is 6.49. The van der Waals surface area contributed by atoms with Crippen molar-refractivity contribution in [2.45, 2.75) is 36.6 Å². The monoisotopic (exact) mass is 320 g/mol. The summed E-state index contributed by atoms with van der Waals surface area (Å²) in [6.07, 6.45) is 2.99. The molecule has 3 aliphatic carbocycles. The maximum atomic E-state index is 13.1. The molecule has 0 aliphatic heterocycles. The molecule has 2 bridgehead atoms. The SMILES string of the molecule is C[NH+](C)C12CC(=O)C([C@H](c3ccccc3)C1)[C@H](c1ccccc1)C2. The fourth-order valence-electron chi connectivity index (χ4n) is 5.14. The molecule has 0 saturated heterocycles. The highest BCUT2D eigenvalue weighted by molar-refractivity contribution is 5.86. The summed E-state index contributed by atoms with van der Waals surface area (Å²) < 4.78 is 0. The van der Waals surface area contributed by atoms with Crippen LogP contribution >= 0.6 is 0 Å². The molecule has 24 heavy (non-hydrogen) atoms. The summed E-state index contributed by atoms with van der Waals surface area (Å²) in [5.74, 6) is 1.30. The van der Waals surface area contributed by atoms with Crippen LogP contribution < -0.4 is 4.90 Å². The number of ketones is 1. The largest absolute Gasteiger partial charge is 0.335 e. The fraction of sp³-hybridized carbons (Fsp3) is 0.409. The molecule has 3 aliphatic rings. The van der Waals surface area contributed by atoms with Crippen molar-refractivity contribution in [1.29, 1.82) is 0 Å². The Morgan fingerprint density at radius 1 is 0.833 bits per heavy atom. The second-order valence-electron chi connectivity index (χ2n) is 7.89. The molecule has 2 heteroatoms. The minimum atomic E-state index is 0.0762. The molecule has 0 spiro atoms. The average Bonchev–Trinajstić information content (AvgIpc) is 2.62. The summed E-state index contributed by atoms with van der Waals surface area (Å²) >= 11 is 0. The number of Topliss-reactive ketones (excluding diaryl/α,β-unsaturated/α-hetero) is 1. The van der Waals surface area contributed by atoms with Crippen molar-refractivity contribution in [2.75, 3.05) is 14.1 Å². The average molecular weight is 320 g/mol. The normalized spacial score (nSPS) is 32.3. The van der Waals surface area contributed by atoms with Gasteiger partial charge in [0.2, 0.25) is 0 Å². The van der Waals surface area contributed by atoms with E-state index >= 15 is 0 Å². The number of hydrogen-bond donors (Lipinski definition) is 1. The summed E-state index contributed by atoms with van der Waals surface area (Å²) in [7, 11) is 4.45. The predicted molar refractivity (Wildman–Crippen MR) is 96.3 cm³/mol. The molecule has 3 saturated carbocycles. The molecule has 2 nitrogen and oxygen atoms in total. The molecule has 5 rings (SSSR count). The lowest BCUT2D eigenvalue weighted by molar-refractivity contribution is -0.918. The van der Waals surface area contributed by atoms with Crippen LogP contribution in [0, 0.1) is 5.92 Å². The van der Waals surface area contributed by atoms with Crippen molar-refractivity contribution >= 4 is 5.78 Å². The highest BCUT2D eigenvalue weighted by atomic mass is 16.1. The minimum Gasteiger partial charge on any atom is -0.335 e. The quantitative estimate of drug-likeness (QED) is 0.923. The molecule has 2 atom stereocenters. The van der Waals surface area contributed by atoms with E-state index in [9.17, 15) is 4.79 Å². The molecule has 2 aromatic carbocycles. The molecule has 2 aromatic rings. The van der Waals surface area contributed by atoms with Crippen LogP contribution in [0.1, 0.15) is 42.2 Å². The van der Waals surface area contributed by atoms with E-state index in [0.29, 0.717) is 17.6 Å². The number of rotatable bonds is 3. The second kappa shape index (κ2) is 5.86. The number of carbonyl (C=O) groups excluding carboxylic acids is 1. The Kier molecular flexibility index (Phi) is 3.80. The van der Waals surface area contributed by atoms with Crippen molar-refractivity contribution in [3.8, 4) is 0 Å². The Balaban J connectivity index is 1.81. The van der Waals surface area contributed by atoms with Gasteiger partial charge in [0.25, 0.3) is 0 Å². The number of carbonyl (C=O) groups is 1. The van der Waals surface area contributed by atoms with Crippen molar-refractivity contribution in [1.82, 2.24) is 0 Å². The van der Waals surface area contributed by atoms with Crippen LogP contribution in [0.15, 0.2) is 60.7 Å². The first-order valence-electron chi connectivity index (χ1n) is 9.04. The summed E-state index contributed by atoms with van der Waals surface area (Å²) in [6, 6.07) is 21.4. The van der Waals surface area contributed by atoms with Crippen LogP contribution in [0.25, 0.3) is 0 Å². The molecule has 0 aromatic heterocycles. The maximum Gasteiger partial charge on any atom is 0.143 e. The molecule has 0 amide bonds. The van der Waals surface area contributed by atoms with Crippen LogP contribution in [0.3, 0.4) is 0 Å². The zero-order valence-corrected chi connectivity index (χ0v) is 14.5. The van der Waals surface area contributed by atoms with E-state index < -0.39 is 0 Å². The van der Waals surface area contributed by atoms with E-state index in [0.717, 1.165) is 19.3 Å². The Bertz CT molecular complexity index is 673. The first-order valence-corrected chi connectivity index (χ1v) is 9.04. The van der Waals surface area contributed by atoms with Gasteiger partial charge < -0.3 is 4.90 Å². The maximum absolute atomic E-state index is 13.1. The van der Waals surface area contributed by atoms with Crippen molar-refractivity contribution in [3.63, 3.8) is 0 Å². The van der Waals surface area contributed by atoms with Gasteiger partial charge in [0, 0.05) is 30.6 Å². The molecule has 0 unspecified atom stereocenters. The van der Waals surface area contributed by atoms with Crippen LogP contribution in [0.5, 0.6) is 0 Å². The zero-order valence-electron chi connectivity index (χ0n) is 14.5. The second-order valence-corrected chi connectivity index (χ2v) is 7.89. The van der Waals surface area contributed by atoms with E-state index in [1.165, 1.54) is 16.0 Å². The van der Waals surface area contributed by atoms with Crippen LogP contribution in [0.4, 0.5) is 0 Å². The number of hydrogen-bond acceptors (Lipinski definition) is 1. The fourth-order valence-corrected chi connectivity index (χ4v) is 5.14. The van der Waals surface area contributed by atoms with E-state index in [4.69, 9.17) is 0 Å². The lowest BCUT2D eigenvalue weighted by Gasteiger charge is -2.54. The van der Waals surface area contributed by atoms with Crippen LogP contribution in [-0.4, -0.2) is 25.4 Å². The van der Waals surface area contributed by atoms with Crippen molar-refractivity contribution in [3.05, 3.63) is 71.8 Å². The zero-order chi connectivity index (χ0) is 16.7. The Morgan fingerprint density at radius 2 is 1.29 bits per heavy atom. The summed E-state index contributed by atoms with van der Waals surface area (Å²) in [4.78, 5) is 14.5. The molecular weight excluding hydrogens is 294 g/mol. The lowest BCUT2D eigenvalue weighted by Crippen LogP contribution is -3.16. The first kappa shape index (κ1) is 15.6. The van der Waals surface area contributed by atoms with Gasteiger partial charge in [-0.15, -0.1) is 0 Å². The summed E-state index contributed by atoms with van der Waals surface area (Å²) in [5.41, 5.74) is 2.75. The minimum absolute atomic E-state index is 0.0762. The van der Waals surface area contributed by atoms with E-state index in [2.05, 4.69) is 74.8 Å². The summed E-state index contributed by atoms with van der Waals surface area (Å²) in [5, 5.41) is 0. The highest BCUT2D eigenvalue weighted by Gasteiger charge is 2.58. The third-order valence-electron chi connectivity index (χ3n) is 6.49. The third kappa shape index (κ3) is 2.41. The van der Waals surface area contributed by atoms with Gasteiger partial charge in [-0.05, 0) is 11.1 Å². The smallest absolute Gasteiger partial charge is 0.143 e. The van der Waals surface area contributed by atoms with Gasteiger partial charge in [0.1, 0.15) is 11.3 Å². The molecule has 124 valence electrons. The van der Waals surface area contributed by atoms with Crippen LogP contribution in [0.2, 0.25) is 0 Å². The van der Waals surface area contributed by atoms with Gasteiger partial charge >= 0.3 is 0 Å². The Hall–Kier alpha value is -1.93. The van der Waals surface area contributed by atoms with Gasteiger partial charge in [0.15, 0.2) is 0 Å². The summed E-state index contributed by atoms with van der Waals surface area (Å²) in [6.45, 7) is 0. The highest BCUT2D eigenvalue weighted by Crippen LogP contribution is 2.55. The van der Waals surface area contributed by atoms with Gasteiger partial charge in [-0.1, -0.05) is 60.7 Å². The number of fused-ring (bicyclic) bond motifs is 3. The molecule has 1 N–H and O–H groups in total. The van der Waals surface area contributed by atoms with Crippen molar-refractivity contribution < 1.29 is 9.69 Å². The number of benzene rings is 2. The molecule has 3 fully saturated rings. The number of quaternary nitrogens is 1. The van der Waals surface area contributed by atoms with Gasteiger partial charge in [-0.2, -0.15) is 0 Å². The Labute approximate surface area is 144 Å². The Morgan fingerprint density at radius 3 is 1.71 bits per heavy atom. The van der Waals surface area contributed by atoms with Gasteiger partial charge in [-0.3, -0.25) is 4.79 Å². The molecule has 0 heterocycles. The van der Waals surface area contributed by atoms with Gasteiger partial charge in [0.05, 0.1) is 20.5 Å². The van der Waals surface area contributed by atoms with E-state index in [-0.39, 0.29) is 11.5 Å². The van der Waals surface area contributed by atoms with Gasteiger partial charge in [-0.25, -0.2) is 0 Å².